The van der Waals surface area contributed by atoms with Crippen molar-refractivity contribution in [2.24, 2.45) is 29.1 Å². The minimum Gasteiger partial charge on any atom is -0.469 e. The highest BCUT2D eigenvalue weighted by Crippen LogP contribution is 2.78. The van der Waals surface area contributed by atoms with E-state index in [4.69, 9.17) is 9.47 Å². The van der Waals surface area contributed by atoms with Gasteiger partial charge in [-0.25, -0.2) is 0 Å². The first-order valence-electron chi connectivity index (χ1n) is 9.29. The van der Waals surface area contributed by atoms with Crippen LogP contribution < -0.4 is 0 Å². The number of carbonyl (C=O) groups is 1. The van der Waals surface area contributed by atoms with Crippen molar-refractivity contribution in [1.82, 2.24) is 0 Å². The molecule has 0 aromatic heterocycles. The number of methoxy groups -OCH3 is 1. The highest BCUT2D eigenvalue weighted by molar-refractivity contribution is 5.70. The molecule has 3 rings (SSSR count). The lowest BCUT2D eigenvalue weighted by atomic mass is 9.42. The van der Waals surface area contributed by atoms with E-state index < -0.39 is 0 Å². The molecule has 0 unspecified atom stereocenters. The van der Waals surface area contributed by atoms with Crippen LogP contribution in [0.3, 0.4) is 0 Å². The first-order valence-corrected chi connectivity index (χ1v) is 9.29. The highest BCUT2D eigenvalue weighted by atomic mass is 16.5. The Morgan fingerprint density at radius 2 is 1.91 bits per heavy atom. The van der Waals surface area contributed by atoms with E-state index in [0.29, 0.717) is 12.3 Å². The van der Waals surface area contributed by atoms with Crippen LogP contribution in [0, 0.1) is 29.1 Å². The van der Waals surface area contributed by atoms with Crippen molar-refractivity contribution in [3.8, 4) is 0 Å². The van der Waals surface area contributed by atoms with Gasteiger partial charge in [0.2, 0.25) is 0 Å². The maximum Gasteiger partial charge on any atom is 0.308 e. The minimum atomic E-state index is -0.116. The van der Waals surface area contributed by atoms with Crippen molar-refractivity contribution < 1.29 is 14.3 Å². The fourth-order valence-corrected chi connectivity index (χ4v) is 6.85. The van der Waals surface area contributed by atoms with Crippen molar-refractivity contribution in [2.75, 3.05) is 7.11 Å². The molecule has 0 radical (unpaired) electrons. The predicted octanol–water partition coefficient (Wildman–Crippen LogP) is 4.20. The van der Waals surface area contributed by atoms with Crippen LogP contribution in [0.15, 0.2) is 0 Å². The highest BCUT2D eigenvalue weighted by Gasteiger charge is 2.78. The van der Waals surface area contributed by atoms with Gasteiger partial charge in [0, 0.05) is 5.41 Å². The summed E-state index contributed by atoms with van der Waals surface area (Å²) >= 11 is 0. The Balaban J connectivity index is 1.98. The number of rotatable bonds is 6. The summed E-state index contributed by atoms with van der Waals surface area (Å²) in [7, 11) is 1.49. The molecular formula is C19H32O3. The van der Waals surface area contributed by atoms with E-state index in [1.165, 1.54) is 26.4 Å². The van der Waals surface area contributed by atoms with Crippen molar-refractivity contribution in [1.29, 1.82) is 0 Å². The molecule has 0 aromatic rings. The van der Waals surface area contributed by atoms with E-state index >= 15 is 0 Å². The average molecular weight is 308 g/mol. The molecule has 2 saturated carbocycles. The SMILES string of the molecule is CC[C@@H]1C[C@@]2(CC)O[C@H](CC(=O)OC)[C@@]3(CC)[C@H](CC)[C@@H]1[C@@H]23. The van der Waals surface area contributed by atoms with Gasteiger partial charge in [-0.15, -0.1) is 0 Å². The summed E-state index contributed by atoms with van der Waals surface area (Å²) in [6.45, 7) is 9.23. The van der Waals surface area contributed by atoms with Gasteiger partial charge in [-0.05, 0) is 42.9 Å². The lowest BCUT2D eigenvalue weighted by Gasteiger charge is -2.60. The van der Waals surface area contributed by atoms with Gasteiger partial charge in [0.05, 0.1) is 25.2 Å². The second-order valence-electron chi connectivity index (χ2n) is 7.71. The van der Waals surface area contributed by atoms with E-state index in [0.717, 1.165) is 30.6 Å². The third-order valence-electron chi connectivity index (χ3n) is 7.57. The molecule has 22 heavy (non-hydrogen) atoms. The predicted molar refractivity (Wildman–Crippen MR) is 86.4 cm³/mol. The van der Waals surface area contributed by atoms with Crippen molar-refractivity contribution in [2.45, 2.75) is 77.9 Å². The first kappa shape index (κ1) is 16.3. The molecule has 0 amide bonds. The molecule has 3 aliphatic rings. The van der Waals surface area contributed by atoms with Crippen LogP contribution in [0.4, 0.5) is 0 Å². The van der Waals surface area contributed by atoms with Gasteiger partial charge in [-0.2, -0.15) is 0 Å². The molecule has 1 aliphatic heterocycles. The fraction of sp³-hybridized carbons (Fsp3) is 0.947. The maximum atomic E-state index is 11.9. The summed E-state index contributed by atoms with van der Waals surface area (Å²) in [4.78, 5) is 11.9. The van der Waals surface area contributed by atoms with Crippen molar-refractivity contribution in [3.05, 3.63) is 0 Å². The zero-order chi connectivity index (χ0) is 16.1. The van der Waals surface area contributed by atoms with Gasteiger partial charge in [0.15, 0.2) is 0 Å². The molecule has 2 aliphatic carbocycles. The molecule has 3 heteroatoms. The Hall–Kier alpha value is -0.570. The quantitative estimate of drug-likeness (QED) is 0.690. The molecule has 7 atom stereocenters. The van der Waals surface area contributed by atoms with Gasteiger partial charge in [-0.3, -0.25) is 4.79 Å². The summed E-state index contributed by atoms with van der Waals surface area (Å²) in [5, 5.41) is 0. The van der Waals surface area contributed by atoms with Crippen LogP contribution in [0.1, 0.15) is 66.2 Å². The molecule has 3 fully saturated rings. The number of ether oxygens (including phenoxy) is 2. The van der Waals surface area contributed by atoms with E-state index in [9.17, 15) is 4.79 Å². The van der Waals surface area contributed by atoms with Crippen LogP contribution in [0.5, 0.6) is 0 Å². The Kier molecular flexibility index (Phi) is 4.08. The standard InChI is InChI=1S/C19H32O3/c1-6-12-11-18(8-3)17-16(12)13(7-2)19(17,9-4)14(22-18)10-15(20)21-5/h12-14,16-17H,6-11H2,1-5H3/t12-,13-,14-,16-,17+,18-,19-/m1/s1. The van der Waals surface area contributed by atoms with E-state index in [-0.39, 0.29) is 23.1 Å². The Labute approximate surface area is 135 Å². The van der Waals surface area contributed by atoms with Crippen LogP contribution in [0.2, 0.25) is 0 Å². The zero-order valence-corrected chi connectivity index (χ0v) is 14.9. The van der Waals surface area contributed by atoms with Crippen LogP contribution in [-0.2, 0) is 14.3 Å². The molecule has 1 saturated heterocycles. The van der Waals surface area contributed by atoms with Gasteiger partial charge in [0.1, 0.15) is 0 Å². The van der Waals surface area contributed by atoms with E-state index in [1.807, 2.05) is 0 Å². The molecule has 0 bridgehead atoms. The molecule has 126 valence electrons. The Bertz CT molecular complexity index is 448. The number of hydrogen-bond acceptors (Lipinski definition) is 3. The minimum absolute atomic E-state index is 0.0334. The Morgan fingerprint density at radius 1 is 1.18 bits per heavy atom. The zero-order valence-electron chi connectivity index (χ0n) is 14.9. The van der Waals surface area contributed by atoms with E-state index in [2.05, 4.69) is 27.7 Å². The summed E-state index contributed by atoms with van der Waals surface area (Å²) in [5.74, 6) is 2.90. The lowest BCUT2D eigenvalue weighted by molar-refractivity contribution is -0.158. The van der Waals surface area contributed by atoms with Gasteiger partial charge >= 0.3 is 5.97 Å². The second kappa shape index (κ2) is 5.51. The molecule has 0 aromatic carbocycles. The third kappa shape index (κ3) is 1.75. The normalized spacial score (nSPS) is 48.9. The largest absolute Gasteiger partial charge is 0.469 e. The molecule has 0 N–H and O–H groups in total. The monoisotopic (exact) mass is 308 g/mol. The summed E-state index contributed by atoms with van der Waals surface area (Å²) in [6, 6.07) is 0. The average Bonchev–Trinajstić information content (AvgIpc) is 2.90. The first-order chi connectivity index (χ1) is 10.5. The number of esters is 1. The number of carbonyl (C=O) groups excluding carboxylic acids is 1. The smallest absolute Gasteiger partial charge is 0.308 e. The van der Waals surface area contributed by atoms with Gasteiger partial charge < -0.3 is 9.47 Å². The Morgan fingerprint density at radius 3 is 2.41 bits per heavy atom. The molecular weight excluding hydrogens is 276 g/mol. The number of hydrogen-bond donors (Lipinski definition) is 0. The summed E-state index contributed by atoms with van der Waals surface area (Å²) < 4.78 is 11.7. The van der Waals surface area contributed by atoms with Crippen LogP contribution in [0.25, 0.3) is 0 Å². The third-order valence-corrected chi connectivity index (χ3v) is 7.57. The maximum absolute atomic E-state index is 11.9. The molecule has 0 spiro atoms. The van der Waals surface area contributed by atoms with Crippen LogP contribution in [-0.4, -0.2) is 24.8 Å². The van der Waals surface area contributed by atoms with Gasteiger partial charge in [0.25, 0.3) is 0 Å². The summed E-state index contributed by atoms with van der Waals surface area (Å²) in [6.07, 6.45) is 6.39. The van der Waals surface area contributed by atoms with E-state index in [1.54, 1.807) is 0 Å². The topological polar surface area (TPSA) is 35.5 Å². The van der Waals surface area contributed by atoms with Crippen LogP contribution >= 0.6 is 0 Å². The summed E-state index contributed by atoms with van der Waals surface area (Å²) in [5.41, 5.74) is 0.249. The van der Waals surface area contributed by atoms with Gasteiger partial charge in [-0.1, -0.05) is 40.5 Å². The van der Waals surface area contributed by atoms with Crippen molar-refractivity contribution in [3.63, 3.8) is 0 Å². The lowest BCUT2D eigenvalue weighted by Crippen LogP contribution is -2.60. The second-order valence-corrected chi connectivity index (χ2v) is 7.71. The fourth-order valence-electron chi connectivity index (χ4n) is 6.85. The molecule has 1 heterocycles. The van der Waals surface area contributed by atoms with Crippen molar-refractivity contribution >= 4 is 5.97 Å². The molecule has 3 nitrogen and oxygen atoms in total.